The lowest BCUT2D eigenvalue weighted by molar-refractivity contribution is -0.118. The molecule has 2 heterocycles. The number of carbonyl (C=O) groups excluding carboxylic acids is 2. The monoisotopic (exact) mass is 427 g/mol. The molecule has 0 saturated carbocycles. The third-order valence-corrected chi connectivity index (χ3v) is 6.06. The van der Waals surface area contributed by atoms with Gasteiger partial charge in [0.05, 0.1) is 11.7 Å². The molecule has 3 aromatic carbocycles. The van der Waals surface area contributed by atoms with E-state index in [0.29, 0.717) is 30.1 Å². The van der Waals surface area contributed by atoms with Crippen molar-refractivity contribution in [2.45, 2.75) is 6.04 Å². The molecule has 1 N–H and O–H groups in total. The summed E-state index contributed by atoms with van der Waals surface area (Å²) in [6.07, 6.45) is 0. The molecule has 5 rings (SSSR count). The second-order valence-corrected chi connectivity index (χ2v) is 8.10. The van der Waals surface area contributed by atoms with E-state index >= 15 is 0 Å². The summed E-state index contributed by atoms with van der Waals surface area (Å²) in [5.41, 5.74) is 3.62. The summed E-state index contributed by atoms with van der Waals surface area (Å²) in [5.74, 6) is 0.367. The molecule has 2 amide bonds. The molecular weight excluding hydrogens is 402 g/mol. The summed E-state index contributed by atoms with van der Waals surface area (Å²) in [6, 6.07) is 26.4. The van der Waals surface area contributed by atoms with Crippen LogP contribution in [0, 0.1) is 0 Å². The van der Waals surface area contributed by atoms with Gasteiger partial charge < -0.3 is 15.0 Å². The van der Waals surface area contributed by atoms with Crippen molar-refractivity contribution in [2.75, 3.05) is 38.1 Å². The minimum absolute atomic E-state index is 0.00620. The molecule has 0 radical (unpaired) electrons. The first kappa shape index (κ1) is 20.3. The number of fused-ring (bicyclic) bond motifs is 1. The molecule has 6 nitrogen and oxygen atoms in total. The van der Waals surface area contributed by atoms with E-state index in [4.69, 9.17) is 4.74 Å². The molecule has 1 fully saturated rings. The number of nitrogens with zero attached hydrogens (tertiary/aromatic N) is 2. The Balaban J connectivity index is 1.31. The van der Waals surface area contributed by atoms with Gasteiger partial charge in [-0.2, -0.15) is 0 Å². The van der Waals surface area contributed by atoms with E-state index in [0.717, 1.165) is 13.1 Å². The van der Waals surface area contributed by atoms with Gasteiger partial charge in [-0.1, -0.05) is 60.7 Å². The maximum atomic E-state index is 13.1. The number of ether oxygens (including phenoxy) is 1. The number of carbonyl (C=O) groups is 2. The molecule has 0 spiro atoms. The molecular formula is C26H25N3O3. The molecule has 0 aromatic heterocycles. The molecule has 0 bridgehead atoms. The van der Waals surface area contributed by atoms with Crippen molar-refractivity contribution < 1.29 is 14.3 Å². The van der Waals surface area contributed by atoms with Gasteiger partial charge >= 0.3 is 0 Å². The normalized spacial score (nSPS) is 16.3. The fourth-order valence-electron chi connectivity index (χ4n) is 4.47. The van der Waals surface area contributed by atoms with Crippen LogP contribution in [0.4, 0.5) is 5.69 Å². The van der Waals surface area contributed by atoms with Gasteiger partial charge in [0.1, 0.15) is 5.75 Å². The second kappa shape index (κ2) is 8.85. The first-order chi connectivity index (χ1) is 15.7. The Kier molecular flexibility index (Phi) is 5.60. The van der Waals surface area contributed by atoms with Crippen LogP contribution < -0.4 is 10.1 Å². The standard InChI is InChI=1S/C26H25N3O3/c30-24-18-32-23-12-11-21(17-22(23)27-24)26(31)29-15-13-28(14-16-29)25(19-7-3-1-4-8-19)20-9-5-2-6-10-20/h1-12,17,25H,13-16,18H2,(H,27,30). The SMILES string of the molecule is O=C1COc2ccc(C(=O)N3CCN(C(c4ccccc4)c4ccccc4)CC3)cc2N1. The summed E-state index contributed by atoms with van der Waals surface area (Å²) in [7, 11) is 0. The predicted octanol–water partition coefficient (Wildman–Crippen LogP) is 3.56. The van der Waals surface area contributed by atoms with Gasteiger partial charge in [-0.25, -0.2) is 0 Å². The lowest BCUT2D eigenvalue weighted by Gasteiger charge is -2.40. The van der Waals surface area contributed by atoms with Crippen LogP contribution in [0.1, 0.15) is 27.5 Å². The highest BCUT2D eigenvalue weighted by Gasteiger charge is 2.29. The quantitative estimate of drug-likeness (QED) is 0.692. The van der Waals surface area contributed by atoms with Gasteiger partial charge in [-0.3, -0.25) is 14.5 Å². The van der Waals surface area contributed by atoms with Crippen molar-refractivity contribution in [3.63, 3.8) is 0 Å². The van der Waals surface area contributed by atoms with Crippen LogP contribution in [0.3, 0.4) is 0 Å². The zero-order valence-corrected chi connectivity index (χ0v) is 17.7. The number of piperazine rings is 1. The lowest BCUT2D eigenvalue weighted by Crippen LogP contribution is -2.49. The van der Waals surface area contributed by atoms with Crippen molar-refractivity contribution >= 4 is 17.5 Å². The summed E-state index contributed by atoms with van der Waals surface area (Å²) in [6.45, 7) is 2.87. The fourth-order valence-corrected chi connectivity index (χ4v) is 4.47. The predicted molar refractivity (Wildman–Crippen MR) is 123 cm³/mol. The molecule has 0 atom stereocenters. The first-order valence-corrected chi connectivity index (χ1v) is 10.9. The number of benzene rings is 3. The zero-order valence-electron chi connectivity index (χ0n) is 17.7. The van der Waals surface area contributed by atoms with Crippen molar-refractivity contribution in [1.29, 1.82) is 0 Å². The number of hydrogen-bond donors (Lipinski definition) is 1. The molecule has 3 aromatic rings. The molecule has 2 aliphatic heterocycles. The maximum Gasteiger partial charge on any atom is 0.262 e. The average Bonchev–Trinajstić information content (AvgIpc) is 2.85. The van der Waals surface area contributed by atoms with Crippen LogP contribution in [0.5, 0.6) is 5.75 Å². The van der Waals surface area contributed by atoms with Crippen LogP contribution >= 0.6 is 0 Å². The third-order valence-electron chi connectivity index (χ3n) is 6.06. The number of hydrogen-bond acceptors (Lipinski definition) is 4. The highest BCUT2D eigenvalue weighted by Crippen LogP contribution is 2.31. The van der Waals surface area contributed by atoms with Crippen molar-refractivity contribution in [3.8, 4) is 5.75 Å². The van der Waals surface area contributed by atoms with Crippen molar-refractivity contribution in [2.24, 2.45) is 0 Å². The van der Waals surface area contributed by atoms with Crippen molar-refractivity contribution in [3.05, 3.63) is 95.6 Å². The van der Waals surface area contributed by atoms with Crippen LogP contribution in [0.15, 0.2) is 78.9 Å². The minimum atomic E-state index is -0.205. The minimum Gasteiger partial charge on any atom is -0.482 e. The Hall–Kier alpha value is -3.64. The summed E-state index contributed by atoms with van der Waals surface area (Å²) >= 11 is 0. The number of nitrogens with one attached hydrogen (secondary N) is 1. The van der Waals surface area contributed by atoms with Gasteiger partial charge in [-0.15, -0.1) is 0 Å². The summed E-state index contributed by atoms with van der Waals surface area (Å²) < 4.78 is 5.40. The third kappa shape index (κ3) is 4.09. The summed E-state index contributed by atoms with van der Waals surface area (Å²) in [4.78, 5) is 29.1. The highest BCUT2D eigenvalue weighted by atomic mass is 16.5. The van der Waals surface area contributed by atoms with Gasteiger partial charge in [0.25, 0.3) is 11.8 Å². The number of rotatable bonds is 4. The van der Waals surface area contributed by atoms with E-state index in [9.17, 15) is 9.59 Å². The number of anilines is 1. The molecule has 0 unspecified atom stereocenters. The largest absolute Gasteiger partial charge is 0.482 e. The Morgan fingerprint density at radius 3 is 2.09 bits per heavy atom. The Labute approximate surface area is 187 Å². The number of amides is 2. The van der Waals surface area contributed by atoms with Gasteiger partial charge in [0, 0.05) is 31.7 Å². The van der Waals surface area contributed by atoms with Gasteiger partial charge in [-0.05, 0) is 29.3 Å². The van der Waals surface area contributed by atoms with E-state index in [1.165, 1.54) is 11.1 Å². The van der Waals surface area contributed by atoms with E-state index in [1.54, 1.807) is 18.2 Å². The molecule has 162 valence electrons. The van der Waals surface area contributed by atoms with E-state index in [2.05, 4.69) is 58.7 Å². The Morgan fingerprint density at radius 1 is 0.844 bits per heavy atom. The molecule has 2 aliphatic rings. The maximum absolute atomic E-state index is 13.1. The Bertz CT molecular complexity index is 1070. The lowest BCUT2D eigenvalue weighted by atomic mass is 9.96. The van der Waals surface area contributed by atoms with E-state index in [-0.39, 0.29) is 24.5 Å². The molecule has 32 heavy (non-hydrogen) atoms. The van der Waals surface area contributed by atoms with E-state index in [1.807, 2.05) is 17.0 Å². The van der Waals surface area contributed by atoms with Crippen LogP contribution in [-0.2, 0) is 4.79 Å². The fraction of sp³-hybridized carbons (Fsp3) is 0.231. The highest BCUT2D eigenvalue weighted by molar-refractivity contribution is 5.99. The first-order valence-electron chi connectivity index (χ1n) is 10.9. The van der Waals surface area contributed by atoms with Gasteiger partial charge in [0.2, 0.25) is 0 Å². The molecule has 1 saturated heterocycles. The van der Waals surface area contributed by atoms with Crippen LogP contribution in [-0.4, -0.2) is 54.4 Å². The Morgan fingerprint density at radius 2 is 1.47 bits per heavy atom. The zero-order chi connectivity index (χ0) is 21.9. The summed E-state index contributed by atoms with van der Waals surface area (Å²) in [5, 5.41) is 2.77. The van der Waals surface area contributed by atoms with E-state index < -0.39 is 0 Å². The molecule has 6 heteroatoms. The van der Waals surface area contributed by atoms with Crippen LogP contribution in [0.2, 0.25) is 0 Å². The van der Waals surface area contributed by atoms with Crippen molar-refractivity contribution in [1.82, 2.24) is 9.80 Å². The smallest absolute Gasteiger partial charge is 0.262 e. The van der Waals surface area contributed by atoms with Crippen LogP contribution in [0.25, 0.3) is 0 Å². The topological polar surface area (TPSA) is 61.9 Å². The molecule has 0 aliphatic carbocycles. The van der Waals surface area contributed by atoms with Gasteiger partial charge in [0.15, 0.2) is 6.61 Å². The average molecular weight is 428 g/mol. The second-order valence-electron chi connectivity index (χ2n) is 8.10.